The number of Topliss-reactive ketones (excluding diaryl/α,β-unsaturated/α-hetero) is 1. The zero-order valence-electron chi connectivity index (χ0n) is 17.6. The fourth-order valence-corrected chi connectivity index (χ4v) is 4.36. The van der Waals surface area contributed by atoms with Gasteiger partial charge in [0.1, 0.15) is 11.5 Å². The van der Waals surface area contributed by atoms with Crippen LogP contribution in [0.25, 0.3) is 5.76 Å². The third-order valence-electron chi connectivity index (χ3n) is 5.40. The van der Waals surface area contributed by atoms with Gasteiger partial charge in [0.25, 0.3) is 11.7 Å². The number of aryl methyl sites for hydroxylation is 1. The van der Waals surface area contributed by atoms with Crippen LogP contribution in [0.1, 0.15) is 22.7 Å². The number of aliphatic hydroxyl groups excluding tert-OH is 1. The highest BCUT2D eigenvalue weighted by Crippen LogP contribution is 2.44. The molecule has 0 spiro atoms. The SMILES string of the molecule is COc1ccc(Cl)cc1/C(O)=C1\C(=O)C(=O)N(c2ccc(Cl)c(Cl)c2)C1c1cccc(C)c1. The fourth-order valence-electron chi connectivity index (χ4n) is 3.90. The molecule has 1 aliphatic heterocycles. The molecule has 1 N–H and O–H groups in total. The summed E-state index contributed by atoms with van der Waals surface area (Å²) in [6.07, 6.45) is 0. The molecule has 1 amide bonds. The number of anilines is 1. The molecule has 5 nitrogen and oxygen atoms in total. The first kappa shape index (κ1) is 23.2. The quantitative estimate of drug-likeness (QED) is 0.248. The van der Waals surface area contributed by atoms with E-state index < -0.39 is 17.7 Å². The summed E-state index contributed by atoms with van der Waals surface area (Å²) in [5.41, 5.74) is 2.05. The normalized spacial score (nSPS) is 17.5. The van der Waals surface area contributed by atoms with Crippen LogP contribution >= 0.6 is 34.8 Å². The molecule has 168 valence electrons. The van der Waals surface area contributed by atoms with E-state index in [0.29, 0.717) is 27.0 Å². The number of halogens is 3. The molecule has 8 heteroatoms. The van der Waals surface area contributed by atoms with Gasteiger partial charge in [0, 0.05) is 10.7 Å². The van der Waals surface area contributed by atoms with Crippen LogP contribution in [0.5, 0.6) is 5.75 Å². The molecule has 1 unspecified atom stereocenters. The molecule has 1 fully saturated rings. The van der Waals surface area contributed by atoms with Gasteiger partial charge in [-0.2, -0.15) is 0 Å². The molecule has 1 saturated heterocycles. The number of amides is 1. The van der Waals surface area contributed by atoms with Crippen LogP contribution in [0.2, 0.25) is 15.1 Å². The van der Waals surface area contributed by atoms with E-state index in [1.807, 2.05) is 25.1 Å². The van der Waals surface area contributed by atoms with Gasteiger partial charge in [0.05, 0.1) is 34.3 Å². The summed E-state index contributed by atoms with van der Waals surface area (Å²) in [5.74, 6) is -1.73. The van der Waals surface area contributed by atoms with E-state index in [1.54, 1.807) is 30.3 Å². The Labute approximate surface area is 205 Å². The minimum Gasteiger partial charge on any atom is -0.507 e. The lowest BCUT2D eigenvalue weighted by Crippen LogP contribution is -2.29. The van der Waals surface area contributed by atoms with Gasteiger partial charge in [-0.1, -0.05) is 64.6 Å². The summed E-state index contributed by atoms with van der Waals surface area (Å²) in [7, 11) is 1.44. The molecular weight excluding hydrogens is 485 g/mol. The molecule has 0 radical (unpaired) electrons. The number of methoxy groups -OCH3 is 1. The zero-order valence-corrected chi connectivity index (χ0v) is 19.9. The molecule has 0 aromatic heterocycles. The molecule has 1 heterocycles. The lowest BCUT2D eigenvalue weighted by Gasteiger charge is -2.26. The Morgan fingerprint density at radius 3 is 2.39 bits per heavy atom. The topological polar surface area (TPSA) is 66.8 Å². The van der Waals surface area contributed by atoms with Gasteiger partial charge in [-0.3, -0.25) is 14.5 Å². The number of carbonyl (C=O) groups is 2. The van der Waals surface area contributed by atoms with Crippen molar-refractivity contribution in [3.8, 4) is 5.75 Å². The van der Waals surface area contributed by atoms with E-state index in [4.69, 9.17) is 39.5 Å². The average molecular weight is 503 g/mol. The van der Waals surface area contributed by atoms with Crippen molar-refractivity contribution in [2.75, 3.05) is 12.0 Å². The van der Waals surface area contributed by atoms with E-state index in [1.165, 1.54) is 24.1 Å². The Balaban J connectivity index is 2.00. The Bertz CT molecular complexity index is 1320. The van der Waals surface area contributed by atoms with Gasteiger partial charge < -0.3 is 9.84 Å². The molecule has 1 atom stereocenters. The van der Waals surface area contributed by atoms with Crippen LogP contribution in [0.15, 0.2) is 66.2 Å². The Morgan fingerprint density at radius 1 is 0.970 bits per heavy atom. The van der Waals surface area contributed by atoms with Gasteiger partial charge in [-0.15, -0.1) is 0 Å². The molecule has 3 aromatic carbocycles. The number of rotatable bonds is 4. The Morgan fingerprint density at radius 2 is 1.73 bits per heavy atom. The van der Waals surface area contributed by atoms with E-state index in [2.05, 4.69) is 0 Å². The summed E-state index contributed by atoms with van der Waals surface area (Å²) in [5, 5.41) is 12.2. The number of ketones is 1. The monoisotopic (exact) mass is 501 g/mol. The van der Waals surface area contributed by atoms with E-state index >= 15 is 0 Å². The van der Waals surface area contributed by atoms with Crippen LogP contribution in [0.4, 0.5) is 5.69 Å². The minimum atomic E-state index is -0.911. The maximum absolute atomic E-state index is 13.3. The van der Waals surface area contributed by atoms with E-state index in [9.17, 15) is 14.7 Å². The third-order valence-corrected chi connectivity index (χ3v) is 6.37. The number of hydrogen-bond acceptors (Lipinski definition) is 4. The number of carbonyl (C=O) groups excluding carboxylic acids is 2. The highest BCUT2D eigenvalue weighted by molar-refractivity contribution is 6.52. The van der Waals surface area contributed by atoms with E-state index in [-0.39, 0.29) is 21.9 Å². The summed E-state index contributed by atoms with van der Waals surface area (Å²) in [6, 6.07) is 15.8. The largest absolute Gasteiger partial charge is 0.507 e. The maximum atomic E-state index is 13.3. The average Bonchev–Trinajstić information content (AvgIpc) is 3.06. The Hall–Kier alpha value is -2.99. The van der Waals surface area contributed by atoms with Crippen LogP contribution < -0.4 is 9.64 Å². The van der Waals surface area contributed by atoms with Crippen molar-refractivity contribution in [3.63, 3.8) is 0 Å². The molecule has 3 aromatic rings. The number of benzene rings is 3. The van der Waals surface area contributed by atoms with Crippen molar-refractivity contribution in [1.82, 2.24) is 0 Å². The van der Waals surface area contributed by atoms with Crippen LogP contribution in [0, 0.1) is 6.92 Å². The molecule has 0 saturated carbocycles. The summed E-state index contributed by atoms with van der Waals surface area (Å²) in [6.45, 7) is 1.90. The first-order valence-electron chi connectivity index (χ1n) is 9.89. The highest BCUT2D eigenvalue weighted by atomic mass is 35.5. The van der Waals surface area contributed by atoms with Gasteiger partial charge in [0.15, 0.2) is 0 Å². The van der Waals surface area contributed by atoms with Gasteiger partial charge in [0.2, 0.25) is 0 Å². The van der Waals surface area contributed by atoms with Crippen molar-refractivity contribution >= 4 is 57.9 Å². The van der Waals surface area contributed by atoms with Gasteiger partial charge >= 0.3 is 0 Å². The number of nitrogens with zero attached hydrogens (tertiary/aromatic N) is 1. The lowest BCUT2D eigenvalue weighted by molar-refractivity contribution is -0.132. The second-order valence-corrected chi connectivity index (χ2v) is 8.78. The van der Waals surface area contributed by atoms with Gasteiger partial charge in [-0.25, -0.2) is 0 Å². The predicted molar refractivity (Wildman–Crippen MR) is 130 cm³/mol. The van der Waals surface area contributed by atoms with Crippen LogP contribution in [-0.2, 0) is 9.59 Å². The summed E-state index contributed by atoms with van der Waals surface area (Å²) in [4.78, 5) is 27.8. The van der Waals surface area contributed by atoms with Crippen molar-refractivity contribution in [2.45, 2.75) is 13.0 Å². The van der Waals surface area contributed by atoms with Crippen LogP contribution in [0.3, 0.4) is 0 Å². The molecule has 0 bridgehead atoms. The first-order chi connectivity index (χ1) is 15.7. The van der Waals surface area contributed by atoms with Crippen molar-refractivity contribution < 1.29 is 19.4 Å². The molecule has 1 aliphatic rings. The second kappa shape index (κ2) is 9.10. The molecule has 33 heavy (non-hydrogen) atoms. The number of aliphatic hydroxyl groups is 1. The Kier molecular flexibility index (Phi) is 6.39. The molecule has 4 rings (SSSR count). The van der Waals surface area contributed by atoms with E-state index in [0.717, 1.165) is 5.56 Å². The van der Waals surface area contributed by atoms with Crippen molar-refractivity contribution in [2.24, 2.45) is 0 Å². The fraction of sp³-hybridized carbons (Fsp3) is 0.120. The van der Waals surface area contributed by atoms with Crippen molar-refractivity contribution in [1.29, 1.82) is 0 Å². The summed E-state index contributed by atoms with van der Waals surface area (Å²) < 4.78 is 5.35. The standard InChI is InChI=1S/C25H18Cl3NO4/c1-13-4-3-5-14(10-13)22-21(23(30)17-11-15(26)6-9-20(17)33-2)24(31)25(32)29(22)16-7-8-18(27)19(28)12-16/h3-12,22,30H,1-2H3/b23-21+. The smallest absolute Gasteiger partial charge is 0.300 e. The summed E-state index contributed by atoms with van der Waals surface area (Å²) >= 11 is 18.4. The van der Waals surface area contributed by atoms with Crippen LogP contribution in [-0.4, -0.2) is 23.9 Å². The second-order valence-electron chi connectivity index (χ2n) is 7.53. The number of ether oxygens (including phenoxy) is 1. The lowest BCUT2D eigenvalue weighted by atomic mass is 9.94. The highest BCUT2D eigenvalue weighted by Gasteiger charge is 2.47. The third kappa shape index (κ3) is 4.20. The molecular formula is C25H18Cl3NO4. The maximum Gasteiger partial charge on any atom is 0.300 e. The predicted octanol–water partition coefficient (Wildman–Crippen LogP) is 6.59. The zero-order chi connectivity index (χ0) is 23.9. The minimum absolute atomic E-state index is 0.0859. The number of hydrogen-bond donors (Lipinski definition) is 1. The van der Waals surface area contributed by atoms with Gasteiger partial charge in [-0.05, 0) is 48.9 Å². The molecule has 0 aliphatic carbocycles. The van der Waals surface area contributed by atoms with Crippen molar-refractivity contribution in [3.05, 3.63) is 98.0 Å². The first-order valence-corrected chi connectivity index (χ1v) is 11.0.